The molecule has 0 bridgehead atoms. The summed E-state index contributed by atoms with van der Waals surface area (Å²) in [6, 6.07) is 12.8. The van der Waals surface area contributed by atoms with Crippen LogP contribution >= 0.6 is 0 Å². The van der Waals surface area contributed by atoms with Gasteiger partial charge in [-0.1, -0.05) is 13.8 Å². The molecule has 0 radical (unpaired) electrons. The molecule has 0 saturated heterocycles. The van der Waals surface area contributed by atoms with Crippen molar-refractivity contribution >= 4 is 28.8 Å². The second-order valence-electron chi connectivity index (χ2n) is 9.05. The van der Waals surface area contributed by atoms with Crippen molar-refractivity contribution in [2.75, 3.05) is 26.6 Å². The minimum atomic E-state index is -1.17. The molecular formula is C27H27FN4O4. The molecular weight excluding hydrogens is 463 g/mol. The minimum absolute atomic E-state index is 0.136. The van der Waals surface area contributed by atoms with Crippen LogP contribution in [0.4, 0.5) is 10.1 Å². The number of nitrogens with zero attached hydrogens (tertiary/aromatic N) is 2. The number of benzene rings is 2. The number of nitrogen functional groups attached to an aromatic ring is 1. The molecule has 4 rings (SSSR count). The highest BCUT2D eigenvalue weighted by molar-refractivity contribution is 6.05. The minimum Gasteiger partial charge on any atom is -0.481 e. The maximum atomic E-state index is 13.9. The van der Waals surface area contributed by atoms with Gasteiger partial charge in [0, 0.05) is 57.9 Å². The van der Waals surface area contributed by atoms with Crippen molar-refractivity contribution in [2.45, 2.75) is 19.3 Å². The molecule has 4 N–H and O–H groups in total. The van der Waals surface area contributed by atoms with Crippen LogP contribution in [0.5, 0.6) is 5.88 Å². The van der Waals surface area contributed by atoms with Gasteiger partial charge in [-0.15, -0.1) is 0 Å². The summed E-state index contributed by atoms with van der Waals surface area (Å²) in [5.41, 5.74) is 10.0. The molecule has 0 aliphatic heterocycles. The molecule has 2 heterocycles. The van der Waals surface area contributed by atoms with E-state index in [4.69, 9.17) is 20.6 Å². The van der Waals surface area contributed by atoms with Gasteiger partial charge < -0.3 is 30.3 Å². The van der Waals surface area contributed by atoms with Crippen LogP contribution in [-0.4, -0.2) is 47.7 Å². The smallest absolute Gasteiger partial charge is 0.354 e. The van der Waals surface area contributed by atoms with Crippen molar-refractivity contribution in [3.8, 4) is 22.7 Å². The highest BCUT2D eigenvalue weighted by Gasteiger charge is 2.34. The number of aromatic nitrogens is 2. The number of ether oxygens (including phenoxy) is 2. The van der Waals surface area contributed by atoms with Gasteiger partial charge in [-0.3, -0.25) is 0 Å². The summed E-state index contributed by atoms with van der Waals surface area (Å²) in [6.45, 7) is 4.37. The summed E-state index contributed by atoms with van der Waals surface area (Å²) >= 11 is 0. The molecule has 0 saturated carbocycles. The molecule has 0 aliphatic carbocycles. The average Bonchev–Trinajstić information content (AvgIpc) is 3.18. The Labute approximate surface area is 207 Å². The van der Waals surface area contributed by atoms with Gasteiger partial charge in [0.25, 0.3) is 0 Å². The Morgan fingerprint density at radius 3 is 2.47 bits per heavy atom. The van der Waals surface area contributed by atoms with Gasteiger partial charge in [0.05, 0.1) is 19.2 Å². The number of halogens is 1. The number of anilines is 1. The lowest BCUT2D eigenvalue weighted by Crippen LogP contribution is -2.27. The van der Waals surface area contributed by atoms with Crippen LogP contribution in [0.1, 0.15) is 35.6 Å². The Morgan fingerprint density at radius 1 is 1.19 bits per heavy atom. The van der Waals surface area contributed by atoms with Gasteiger partial charge in [0.15, 0.2) is 5.69 Å². The summed E-state index contributed by atoms with van der Waals surface area (Å²) < 4.78 is 27.0. The molecule has 2 aromatic carbocycles. The predicted molar refractivity (Wildman–Crippen MR) is 137 cm³/mol. The molecule has 0 spiro atoms. The first-order chi connectivity index (χ1) is 17.1. The third-order valence-corrected chi connectivity index (χ3v) is 6.10. The highest BCUT2D eigenvalue weighted by atomic mass is 19.1. The van der Waals surface area contributed by atoms with E-state index in [-0.39, 0.29) is 17.4 Å². The number of methoxy groups -OCH3 is 2. The van der Waals surface area contributed by atoms with Crippen molar-refractivity contribution < 1.29 is 23.8 Å². The maximum absolute atomic E-state index is 13.9. The molecule has 186 valence electrons. The highest BCUT2D eigenvalue weighted by Crippen LogP contribution is 2.46. The van der Waals surface area contributed by atoms with E-state index in [1.807, 2.05) is 24.5 Å². The molecule has 0 atom stereocenters. The number of fused-ring (bicyclic) bond motifs is 1. The summed E-state index contributed by atoms with van der Waals surface area (Å²) in [5.74, 6) is -1.40. The number of pyridine rings is 1. The number of nitrogens with two attached hydrogens (primary N) is 1. The largest absolute Gasteiger partial charge is 0.481 e. The Bertz CT molecular complexity index is 1480. The summed E-state index contributed by atoms with van der Waals surface area (Å²) in [5, 5.41) is 18.0. The lowest BCUT2D eigenvalue weighted by atomic mass is 9.84. The van der Waals surface area contributed by atoms with Gasteiger partial charge in [0.2, 0.25) is 5.88 Å². The van der Waals surface area contributed by atoms with Crippen LogP contribution in [0.3, 0.4) is 0 Å². The van der Waals surface area contributed by atoms with Gasteiger partial charge in [-0.2, -0.15) is 0 Å². The molecule has 9 heteroatoms. The number of hydrogen-bond acceptors (Lipinski definition) is 6. The second-order valence-corrected chi connectivity index (χ2v) is 9.05. The number of carboxylic acid groups (broad SMARTS) is 1. The first-order valence-corrected chi connectivity index (χ1v) is 11.2. The van der Waals surface area contributed by atoms with Crippen LogP contribution in [0, 0.1) is 11.2 Å². The molecule has 4 aromatic rings. The van der Waals surface area contributed by atoms with Crippen LogP contribution in [0.15, 0.2) is 48.5 Å². The molecule has 36 heavy (non-hydrogen) atoms. The van der Waals surface area contributed by atoms with E-state index in [0.717, 1.165) is 22.2 Å². The van der Waals surface area contributed by atoms with E-state index in [1.165, 1.54) is 31.5 Å². The summed E-state index contributed by atoms with van der Waals surface area (Å²) in [7, 11) is 3.04. The summed E-state index contributed by atoms with van der Waals surface area (Å²) in [6.07, 6.45) is 1.18. The number of hydrogen-bond donors (Lipinski definition) is 3. The standard InChI is InChI=1S/C27H27FN4O4/c1-27(2,14-35-3)24-23(18-9-10-21(26(33)34)31-25(18)36-4)19-12-20(30)15(13-29)11-22(19)32(24)17-7-5-16(28)6-8-17/h5-13,29H,14,30H2,1-4H3,(H,33,34). The second kappa shape index (κ2) is 9.43. The van der Waals surface area contributed by atoms with E-state index < -0.39 is 11.4 Å². The third-order valence-electron chi connectivity index (χ3n) is 6.10. The Balaban J connectivity index is 2.24. The Kier molecular flexibility index (Phi) is 6.51. The molecule has 8 nitrogen and oxygen atoms in total. The third kappa shape index (κ3) is 4.18. The number of rotatable bonds is 8. The first kappa shape index (κ1) is 24.9. The van der Waals surface area contributed by atoms with Crippen molar-refractivity contribution in [3.63, 3.8) is 0 Å². The van der Waals surface area contributed by atoms with Gasteiger partial charge >= 0.3 is 5.97 Å². The average molecular weight is 491 g/mol. The van der Waals surface area contributed by atoms with Crippen molar-refractivity contribution in [3.05, 3.63) is 71.3 Å². The summed E-state index contributed by atoms with van der Waals surface area (Å²) in [4.78, 5) is 15.8. The zero-order chi connectivity index (χ0) is 26.2. The number of aromatic carboxylic acids is 1. The van der Waals surface area contributed by atoms with Gasteiger partial charge in [-0.05, 0) is 48.5 Å². The fourth-order valence-electron chi connectivity index (χ4n) is 4.60. The number of carboxylic acids is 1. The molecule has 0 unspecified atom stereocenters. The monoisotopic (exact) mass is 490 g/mol. The zero-order valence-corrected chi connectivity index (χ0v) is 20.4. The lowest BCUT2D eigenvalue weighted by molar-refractivity contribution is 0.0689. The van der Waals surface area contributed by atoms with Crippen molar-refractivity contribution in [1.82, 2.24) is 9.55 Å². The van der Waals surface area contributed by atoms with Crippen LogP contribution < -0.4 is 10.5 Å². The fourth-order valence-corrected chi connectivity index (χ4v) is 4.60. The number of carbonyl (C=O) groups is 1. The quantitative estimate of drug-likeness (QED) is 0.235. The van der Waals surface area contributed by atoms with Crippen LogP contribution in [-0.2, 0) is 10.2 Å². The van der Waals surface area contributed by atoms with E-state index in [0.29, 0.717) is 29.1 Å². The predicted octanol–water partition coefficient (Wildman–Crippen LogP) is 5.04. The molecule has 2 aromatic heterocycles. The maximum Gasteiger partial charge on any atom is 0.354 e. The molecule has 0 amide bonds. The molecule has 0 aliphatic rings. The number of nitrogens with one attached hydrogen (secondary N) is 1. The van der Waals surface area contributed by atoms with Crippen LogP contribution in [0.2, 0.25) is 0 Å². The van der Waals surface area contributed by atoms with E-state index in [2.05, 4.69) is 4.98 Å². The zero-order valence-electron chi connectivity index (χ0n) is 20.4. The normalized spacial score (nSPS) is 11.6. The van der Waals surface area contributed by atoms with E-state index in [1.54, 1.807) is 31.4 Å². The topological polar surface area (TPSA) is 123 Å². The van der Waals surface area contributed by atoms with E-state index >= 15 is 0 Å². The Hall–Kier alpha value is -4.24. The van der Waals surface area contributed by atoms with Gasteiger partial charge in [-0.25, -0.2) is 14.2 Å². The van der Waals surface area contributed by atoms with Crippen molar-refractivity contribution in [2.24, 2.45) is 0 Å². The van der Waals surface area contributed by atoms with E-state index in [9.17, 15) is 14.3 Å². The fraction of sp³-hybridized carbons (Fsp3) is 0.222. The first-order valence-electron chi connectivity index (χ1n) is 11.2. The van der Waals surface area contributed by atoms with Crippen molar-refractivity contribution in [1.29, 1.82) is 5.41 Å². The molecule has 0 fully saturated rings. The Morgan fingerprint density at radius 2 is 1.89 bits per heavy atom. The lowest BCUT2D eigenvalue weighted by Gasteiger charge is -2.28. The van der Waals surface area contributed by atoms with Crippen LogP contribution in [0.25, 0.3) is 27.7 Å². The van der Waals surface area contributed by atoms with Gasteiger partial charge in [0.1, 0.15) is 5.82 Å². The SMILES string of the molecule is COCC(C)(C)c1c(-c2ccc(C(=O)O)nc2OC)c2cc(N)c(C=N)cc2n1-c1ccc(F)cc1.